The van der Waals surface area contributed by atoms with E-state index in [1.54, 1.807) is 42.7 Å². The first-order chi connectivity index (χ1) is 10.2. The number of amides is 2. The van der Waals surface area contributed by atoms with Crippen molar-refractivity contribution in [3.8, 4) is 0 Å². The van der Waals surface area contributed by atoms with E-state index >= 15 is 0 Å². The molecule has 0 aliphatic heterocycles. The second-order valence-corrected chi connectivity index (χ2v) is 5.07. The minimum Gasteiger partial charge on any atom is -0.467 e. The molecule has 1 heterocycles. The third-order valence-electron chi connectivity index (χ3n) is 3.38. The Balaban J connectivity index is 1.68. The minimum atomic E-state index is -0.238. The SMILES string of the molecule is O=C(NCc1ccco1)c1ccccc1NC(=O)C1CC1. The molecule has 2 amide bonds. The first-order valence-electron chi connectivity index (χ1n) is 6.94. The second-order valence-electron chi connectivity index (χ2n) is 5.07. The van der Waals surface area contributed by atoms with Gasteiger partial charge in [-0.05, 0) is 37.1 Å². The quantitative estimate of drug-likeness (QED) is 0.886. The van der Waals surface area contributed by atoms with Crippen LogP contribution in [-0.4, -0.2) is 11.8 Å². The van der Waals surface area contributed by atoms with Crippen LogP contribution >= 0.6 is 0 Å². The molecule has 21 heavy (non-hydrogen) atoms. The van der Waals surface area contributed by atoms with Crippen molar-refractivity contribution >= 4 is 17.5 Å². The highest BCUT2D eigenvalue weighted by molar-refractivity contribution is 6.04. The topological polar surface area (TPSA) is 71.3 Å². The van der Waals surface area contributed by atoms with E-state index in [1.165, 1.54) is 0 Å². The molecular weight excluding hydrogens is 268 g/mol. The fourth-order valence-corrected chi connectivity index (χ4v) is 2.05. The van der Waals surface area contributed by atoms with Crippen LogP contribution in [0.5, 0.6) is 0 Å². The van der Waals surface area contributed by atoms with E-state index in [-0.39, 0.29) is 17.7 Å². The summed E-state index contributed by atoms with van der Waals surface area (Å²) < 4.78 is 5.17. The molecule has 0 spiro atoms. The van der Waals surface area contributed by atoms with Crippen molar-refractivity contribution in [1.29, 1.82) is 0 Å². The summed E-state index contributed by atoms with van der Waals surface area (Å²) in [5.41, 5.74) is 1.00. The molecule has 0 unspecified atom stereocenters. The van der Waals surface area contributed by atoms with Crippen molar-refractivity contribution in [2.24, 2.45) is 5.92 Å². The maximum atomic E-state index is 12.2. The van der Waals surface area contributed by atoms with Crippen LogP contribution in [0.3, 0.4) is 0 Å². The number of carbonyl (C=O) groups excluding carboxylic acids is 2. The Bertz CT molecular complexity index is 645. The number of para-hydroxylation sites is 1. The van der Waals surface area contributed by atoms with Crippen molar-refractivity contribution in [2.45, 2.75) is 19.4 Å². The predicted molar refractivity (Wildman–Crippen MR) is 77.7 cm³/mol. The van der Waals surface area contributed by atoms with Gasteiger partial charge < -0.3 is 15.1 Å². The molecule has 1 aliphatic carbocycles. The lowest BCUT2D eigenvalue weighted by Gasteiger charge is -2.10. The highest BCUT2D eigenvalue weighted by atomic mass is 16.3. The van der Waals surface area contributed by atoms with Gasteiger partial charge in [-0.3, -0.25) is 9.59 Å². The molecule has 5 nitrogen and oxygen atoms in total. The number of benzene rings is 1. The lowest BCUT2D eigenvalue weighted by atomic mass is 10.1. The summed E-state index contributed by atoms with van der Waals surface area (Å²) >= 11 is 0. The van der Waals surface area contributed by atoms with Crippen LogP contribution in [0.15, 0.2) is 47.1 Å². The molecule has 0 saturated heterocycles. The van der Waals surface area contributed by atoms with Crippen LogP contribution < -0.4 is 10.6 Å². The maximum Gasteiger partial charge on any atom is 0.253 e. The Morgan fingerprint density at radius 2 is 1.95 bits per heavy atom. The summed E-state index contributed by atoms with van der Waals surface area (Å²) in [4.78, 5) is 24.1. The predicted octanol–water partition coefficient (Wildman–Crippen LogP) is 2.56. The number of anilines is 1. The van der Waals surface area contributed by atoms with Crippen molar-refractivity contribution in [1.82, 2.24) is 5.32 Å². The molecule has 1 aromatic heterocycles. The Morgan fingerprint density at radius 1 is 1.14 bits per heavy atom. The average Bonchev–Trinajstić information content (AvgIpc) is 3.22. The molecule has 0 radical (unpaired) electrons. The Kier molecular flexibility index (Phi) is 3.73. The average molecular weight is 284 g/mol. The van der Waals surface area contributed by atoms with Gasteiger partial charge in [-0.25, -0.2) is 0 Å². The molecule has 108 valence electrons. The first-order valence-corrected chi connectivity index (χ1v) is 6.94. The normalized spacial score (nSPS) is 13.7. The van der Waals surface area contributed by atoms with Crippen molar-refractivity contribution < 1.29 is 14.0 Å². The number of furan rings is 1. The maximum absolute atomic E-state index is 12.2. The second kappa shape index (κ2) is 5.83. The Morgan fingerprint density at radius 3 is 2.67 bits per heavy atom. The molecular formula is C16H16N2O3. The van der Waals surface area contributed by atoms with E-state index in [2.05, 4.69) is 10.6 Å². The fraction of sp³-hybridized carbons (Fsp3) is 0.250. The summed E-state index contributed by atoms with van der Waals surface area (Å²) in [6.45, 7) is 0.316. The summed E-state index contributed by atoms with van der Waals surface area (Å²) in [6, 6.07) is 10.6. The smallest absolute Gasteiger partial charge is 0.253 e. The summed E-state index contributed by atoms with van der Waals surface area (Å²) in [5, 5.41) is 5.60. The van der Waals surface area contributed by atoms with E-state index in [0.29, 0.717) is 23.6 Å². The molecule has 1 aromatic carbocycles. The summed E-state index contributed by atoms with van der Waals surface area (Å²) in [6.07, 6.45) is 3.42. The van der Waals surface area contributed by atoms with E-state index in [4.69, 9.17) is 4.42 Å². The van der Waals surface area contributed by atoms with Gasteiger partial charge >= 0.3 is 0 Å². The molecule has 1 aliphatic rings. The van der Waals surface area contributed by atoms with Gasteiger partial charge in [0.05, 0.1) is 24.1 Å². The number of rotatable bonds is 5. The van der Waals surface area contributed by atoms with Crippen molar-refractivity contribution in [3.63, 3.8) is 0 Å². The van der Waals surface area contributed by atoms with E-state index in [9.17, 15) is 9.59 Å². The minimum absolute atomic E-state index is 0.0127. The molecule has 1 fully saturated rings. The number of carbonyl (C=O) groups is 2. The molecule has 5 heteroatoms. The lowest BCUT2D eigenvalue weighted by Crippen LogP contribution is -2.25. The number of hydrogen-bond donors (Lipinski definition) is 2. The fourth-order valence-electron chi connectivity index (χ4n) is 2.05. The number of hydrogen-bond acceptors (Lipinski definition) is 3. The Labute approximate surface area is 122 Å². The van der Waals surface area contributed by atoms with Crippen LogP contribution in [0, 0.1) is 5.92 Å². The molecule has 0 atom stereocenters. The summed E-state index contributed by atoms with van der Waals surface area (Å²) in [7, 11) is 0. The third kappa shape index (κ3) is 3.31. The lowest BCUT2D eigenvalue weighted by molar-refractivity contribution is -0.117. The summed E-state index contributed by atoms with van der Waals surface area (Å²) in [5.74, 6) is 0.534. The van der Waals surface area contributed by atoms with Crippen LogP contribution in [0.1, 0.15) is 29.0 Å². The Hall–Kier alpha value is -2.56. The van der Waals surface area contributed by atoms with Gasteiger partial charge in [0.1, 0.15) is 5.76 Å². The van der Waals surface area contributed by atoms with Gasteiger partial charge in [-0.15, -0.1) is 0 Å². The molecule has 3 rings (SSSR count). The van der Waals surface area contributed by atoms with Crippen LogP contribution in [0.4, 0.5) is 5.69 Å². The highest BCUT2D eigenvalue weighted by Crippen LogP contribution is 2.30. The van der Waals surface area contributed by atoms with Crippen LogP contribution in [-0.2, 0) is 11.3 Å². The largest absolute Gasteiger partial charge is 0.467 e. The van der Waals surface area contributed by atoms with Gasteiger partial charge in [0.25, 0.3) is 5.91 Å². The standard InChI is InChI=1S/C16H16N2O3/c19-15(11-7-8-11)18-14-6-2-1-5-13(14)16(20)17-10-12-4-3-9-21-12/h1-6,9,11H,7-8,10H2,(H,17,20)(H,18,19). The monoisotopic (exact) mass is 284 g/mol. The highest BCUT2D eigenvalue weighted by Gasteiger charge is 2.30. The van der Waals surface area contributed by atoms with Crippen LogP contribution in [0.2, 0.25) is 0 Å². The van der Waals surface area contributed by atoms with Crippen LogP contribution in [0.25, 0.3) is 0 Å². The molecule has 2 N–H and O–H groups in total. The van der Waals surface area contributed by atoms with Crippen molar-refractivity contribution in [3.05, 3.63) is 54.0 Å². The zero-order chi connectivity index (χ0) is 14.7. The van der Waals surface area contributed by atoms with Gasteiger partial charge in [0, 0.05) is 5.92 Å². The zero-order valence-electron chi connectivity index (χ0n) is 11.5. The van der Waals surface area contributed by atoms with Gasteiger partial charge in [-0.2, -0.15) is 0 Å². The third-order valence-corrected chi connectivity index (χ3v) is 3.38. The van der Waals surface area contributed by atoms with Gasteiger partial charge in [0.2, 0.25) is 5.91 Å². The molecule has 1 saturated carbocycles. The van der Waals surface area contributed by atoms with Crippen molar-refractivity contribution in [2.75, 3.05) is 5.32 Å². The number of nitrogens with one attached hydrogen (secondary N) is 2. The molecule has 0 bridgehead atoms. The van der Waals surface area contributed by atoms with Gasteiger partial charge in [-0.1, -0.05) is 12.1 Å². The van der Waals surface area contributed by atoms with E-state index < -0.39 is 0 Å². The first kappa shape index (κ1) is 13.4. The van der Waals surface area contributed by atoms with Gasteiger partial charge in [0.15, 0.2) is 0 Å². The zero-order valence-corrected chi connectivity index (χ0v) is 11.5. The van der Waals surface area contributed by atoms with E-state index in [1.807, 2.05) is 0 Å². The van der Waals surface area contributed by atoms with E-state index in [0.717, 1.165) is 12.8 Å². The molecule has 2 aromatic rings.